The van der Waals surface area contributed by atoms with Gasteiger partial charge in [-0.25, -0.2) is 13.8 Å². The number of carbonyl (C=O) groups excluding carboxylic acids is 1. The zero-order valence-electron chi connectivity index (χ0n) is 21.2. The fourth-order valence-corrected chi connectivity index (χ4v) is 5.98. The smallest absolute Gasteiger partial charge is 0.249 e. The number of nitrogens with zero attached hydrogens (tertiary/aromatic N) is 2. The zero-order valence-corrected chi connectivity index (χ0v) is 22.1. The second kappa shape index (κ2) is 11.8. The van der Waals surface area contributed by atoms with Gasteiger partial charge in [0.05, 0.1) is 29.6 Å². The monoisotopic (exact) mass is 542 g/mol. The molecule has 198 valence electrons. The highest BCUT2D eigenvalue weighted by atomic mass is 32.2. The van der Waals surface area contributed by atoms with E-state index in [0.29, 0.717) is 5.75 Å². The first-order valence-electron chi connectivity index (χ1n) is 12.9. The fraction of sp³-hybridized carbons (Fsp3) is 0.258. The summed E-state index contributed by atoms with van der Waals surface area (Å²) in [5.74, 6) is -3.05. The van der Waals surface area contributed by atoms with Crippen LogP contribution in [-0.2, 0) is 10.5 Å². The molecule has 0 saturated heterocycles. The van der Waals surface area contributed by atoms with E-state index in [9.17, 15) is 13.6 Å². The molecule has 8 heteroatoms. The van der Waals surface area contributed by atoms with Crippen LogP contribution in [0.25, 0.3) is 22.4 Å². The molecule has 1 saturated carbocycles. The number of aromatic amines is 1. The van der Waals surface area contributed by atoms with Crippen molar-refractivity contribution < 1.29 is 13.6 Å². The van der Waals surface area contributed by atoms with Crippen molar-refractivity contribution in [2.24, 2.45) is 5.92 Å². The maximum Gasteiger partial charge on any atom is 0.249 e. The number of H-pyrrole nitrogens is 1. The Hall–Kier alpha value is -3.96. The molecule has 1 aliphatic rings. The number of aromatic nitrogens is 2. The van der Waals surface area contributed by atoms with E-state index in [-0.39, 0.29) is 25.3 Å². The van der Waals surface area contributed by atoms with E-state index in [0.717, 1.165) is 38.7 Å². The highest BCUT2D eigenvalue weighted by Crippen LogP contribution is 2.47. The summed E-state index contributed by atoms with van der Waals surface area (Å²) in [5.41, 5.74) is 4.86. The summed E-state index contributed by atoms with van der Waals surface area (Å²) in [7, 11) is 0. The third-order valence-electron chi connectivity index (χ3n) is 7.12. The average molecular weight is 543 g/mol. The Morgan fingerprint density at radius 1 is 1.05 bits per heavy atom. The maximum atomic E-state index is 14.3. The van der Waals surface area contributed by atoms with E-state index < -0.39 is 24.2 Å². The van der Waals surface area contributed by atoms with Gasteiger partial charge in [0.25, 0.3) is 0 Å². The van der Waals surface area contributed by atoms with E-state index in [1.165, 1.54) is 0 Å². The van der Waals surface area contributed by atoms with Gasteiger partial charge in [-0.05, 0) is 46.7 Å². The molecule has 0 aliphatic heterocycles. The molecular formula is C31H28F2N4OS. The number of nitrogens with one attached hydrogen (secondary N) is 2. The molecule has 0 spiro atoms. The third-order valence-corrected chi connectivity index (χ3v) is 8.14. The Balaban J connectivity index is 1.31. The molecule has 0 radical (unpaired) electrons. The van der Waals surface area contributed by atoms with Crippen LogP contribution in [0, 0.1) is 17.2 Å². The Morgan fingerprint density at radius 2 is 1.79 bits per heavy atom. The van der Waals surface area contributed by atoms with Crippen molar-refractivity contribution in [3.8, 4) is 28.5 Å². The van der Waals surface area contributed by atoms with Crippen LogP contribution in [0.15, 0.2) is 90.0 Å². The van der Waals surface area contributed by atoms with Gasteiger partial charge in [-0.1, -0.05) is 66.7 Å². The molecule has 1 aromatic heterocycles. The van der Waals surface area contributed by atoms with E-state index in [1.807, 2.05) is 91.1 Å². The van der Waals surface area contributed by atoms with E-state index in [2.05, 4.69) is 15.3 Å². The van der Waals surface area contributed by atoms with Crippen LogP contribution < -0.4 is 5.32 Å². The molecule has 1 heterocycles. The second-order valence-corrected chi connectivity index (χ2v) is 10.7. The zero-order chi connectivity index (χ0) is 27.2. The van der Waals surface area contributed by atoms with E-state index in [4.69, 9.17) is 5.26 Å². The van der Waals surface area contributed by atoms with Crippen molar-refractivity contribution in [3.05, 3.63) is 96.4 Å². The topological polar surface area (TPSA) is 81.6 Å². The first-order valence-corrected chi connectivity index (χ1v) is 13.9. The van der Waals surface area contributed by atoms with Crippen LogP contribution in [0.4, 0.5) is 8.78 Å². The standard InChI is InChI=1S/C31H28F2N4OS/c32-31(33)15-14-26(27(18-31)30(38)35-17-16-34)25-9-5-4-8-24(25)21-10-12-23(13-11-21)39-20-29-36-19-28(37-29)22-6-2-1-3-7-22/h1-13,19,26-27H,14-15,17-18,20H2,(H,35,38)(H,36,37). The predicted molar refractivity (Wildman–Crippen MR) is 149 cm³/mol. The number of hydrogen-bond acceptors (Lipinski definition) is 4. The summed E-state index contributed by atoms with van der Waals surface area (Å²) < 4.78 is 28.6. The Kier molecular flexibility index (Phi) is 8.08. The number of thioether (sulfide) groups is 1. The summed E-state index contributed by atoms with van der Waals surface area (Å²) in [6, 6.07) is 27.8. The molecule has 1 fully saturated rings. The molecule has 2 atom stereocenters. The van der Waals surface area contributed by atoms with Gasteiger partial charge in [0, 0.05) is 17.7 Å². The predicted octanol–water partition coefficient (Wildman–Crippen LogP) is 7.19. The molecule has 4 aromatic rings. The Bertz CT molecular complexity index is 1460. The molecule has 1 amide bonds. The van der Waals surface area contributed by atoms with Crippen molar-refractivity contribution in [1.82, 2.24) is 15.3 Å². The molecule has 2 N–H and O–H groups in total. The summed E-state index contributed by atoms with van der Waals surface area (Å²) in [5, 5.41) is 11.3. The number of carbonyl (C=O) groups is 1. The SMILES string of the molecule is N#CCNC(=O)C1CC(F)(F)CCC1c1ccccc1-c1ccc(SCc2ncc(-c3ccccc3)[nH]2)cc1. The molecular weight excluding hydrogens is 514 g/mol. The maximum absolute atomic E-state index is 14.3. The number of rotatable bonds is 8. The van der Waals surface area contributed by atoms with Gasteiger partial charge in [-0.15, -0.1) is 11.8 Å². The number of halogens is 2. The van der Waals surface area contributed by atoms with E-state index >= 15 is 0 Å². The van der Waals surface area contributed by atoms with Crippen molar-refractivity contribution in [1.29, 1.82) is 5.26 Å². The van der Waals surface area contributed by atoms with Crippen LogP contribution in [0.1, 0.15) is 36.6 Å². The molecule has 0 bridgehead atoms. The van der Waals surface area contributed by atoms with Gasteiger partial charge in [-0.3, -0.25) is 4.79 Å². The van der Waals surface area contributed by atoms with E-state index in [1.54, 1.807) is 11.8 Å². The number of benzene rings is 3. The van der Waals surface area contributed by atoms with Gasteiger partial charge < -0.3 is 10.3 Å². The molecule has 5 nitrogen and oxygen atoms in total. The number of alkyl halides is 2. The van der Waals surface area contributed by atoms with Gasteiger partial charge in [-0.2, -0.15) is 5.26 Å². The molecule has 5 rings (SSSR count). The summed E-state index contributed by atoms with van der Waals surface area (Å²) in [6.07, 6.45) is 1.27. The van der Waals surface area contributed by atoms with Gasteiger partial charge >= 0.3 is 0 Å². The molecule has 3 aromatic carbocycles. The largest absolute Gasteiger partial charge is 0.343 e. The van der Waals surface area contributed by atoms with Crippen molar-refractivity contribution in [2.45, 2.75) is 41.8 Å². The number of nitriles is 1. The van der Waals surface area contributed by atoms with Gasteiger partial charge in [0.15, 0.2) is 0 Å². The van der Waals surface area contributed by atoms with Gasteiger partial charge in [0.1, 0.15) is 12.4 Å². The lowest BCUT2D eigenvalue weighted by Crippen LogP contribution is -2.41. The number of imidazole rings is 1. The van der Waals surface area contributed by atoms with Crippen LogP contribution in [0.3, 0.4) is 0 Å². The molecule has 39 heavy (non-hydrogen) atoms. The second-order valence-electron chi connectivity index (χ2n) is 9.70. The lowest BCUT2D eigenvalue weighted by molar-refractivity contribution is -0.133. The molecule has 2 unspecified atom stereocenters. The first kappa shape index (κ1) is 26.6. The summed E-state index contributed by atoms with van der Waals surface area (Å²) in [4.78, 5) is 21.8. The average Bonchev–Trinajstić information content (AvgIpc) is 3.44. The normalized spacial score (nSPS) is 18.3. The minimum atomic E-state index is -2.89. The van der Waals surface area contributed by atoms with Crippen LogP contribution in [0.2, 0.25) is 0 Å². The van der Waals surface area contributed by atoms with Crippen molar-refractivity contribution in [2.75, 3.05) is 6.54 Å². The Morgan fingerprint density at radius 3 is 2.56 bits per heavy atom. The van der Waals surface area contributed by atoms with Crippen LogP contribution in [0.5, 0.6) is 0 Å². The van der Waals surface area contributed by atoms with Gasteiger partial charge in [0.2, 0.25) is 11.8 Å². The van der Waals surface area contributed by atoms with Crippen molar-refractivity contribution >= 4 is 17.7 Å². The lowest BCUT2D eigenvalue weighted by atomic mass is 9.72. The number of amides is 1. The van der Waals surface area contributed by atoms with Crippen molar-refractivity contribution in [3.63, 3.8) is 0 Å². The first-order chi connectivity index (χ1) is 18.9. The quantitative estimate of drug-likeness (QED) is 0.182. The van der Waals surface area contributed by atoms with Crippen LogP contribution >= 0.6 is 11.8 Å². The number of hydrogen-bond donors (Lipinski definition) is 2. The summed E-state index contributed by atoms with van der Waals surface area (Å²) >= 11 is 1.67. The highest BCUT2D eigenvalue weighted by Gasteiger charge is 2.45. The minimum Gasteiger partial charge on any atom is -0.343 e. The summed E-state index contributed by atoms with van der Waals surface area (Å²) in [6.45, 7) is -0.194. The van der Waals surface area contributed by atoms with Crippen LogP contribution in [-0.4, -0.2) is 28.3 Å². The Labute approximate surface area is 230 Å². The fourth-order valence-electron chi connectivity index (χ4n) is 5.21. The minimum absolute atomic E-state index is 0.194. The third kappa shape index (κ3) is 6.37. The highest BCUT2D eigenvalue weighted by molar-refractivity contribution is 7.98. The lowest BCUT2D eigenvalue weighted by Gasteiger charge is -2.36. The molecule has 1 aliphatic carbocycles.